The minimum atomic E-state index is -0.0375. The van der Waals surface area contributed by atoms with Crippen molar-refractivity contribution in [3.8, 4) is 17.3 Å². The average molecular weight is 705 g/mol. The Kier molecular flexibility index (Phi) is 9.65. The summed E-state index contributed by atoms with van der Waals surface area (Å²) in [5, 5.41) is 2.38. The van der Waals surface area contributed by atoms with Gasteiger partial charge in [-0.15, -0.1) is 0 Å². The lowest BCUT2D eigenvalue weighted by Crippen LogP contribution is -2.30. The highest BCUT2D eigenvalue weighted by molar-refractivity contribution is 6.09. The van der Waals surface area contributed by atoms with Crippen molar-refractivity contribution in [1.29, 1.82) is 0 Å². The molecule has 7 rings (SSSR count). The second-order valence-electron chi connectivity index (χ2n) is 17.8. The molecule has 0 bridgehead atoms. The van der Waals surface area contributed by atoms with Crippen molar-refractivity contribution >= 4 is 33.2 Å². The van der Waals surface area contributed by atoms with Crippen molar-refractivity contribution in [3.63, 3.8) is 0 Å². The Labute approximate surface area is 316 Å². The summed E-state index contributed by atoms with van der Waals surface area (Å²) in [6.45, 7) is 23.6. The number of aromatic nitrogens is 2. The molecule has 0 N–H and O–H groups in total. The molecule has 1 aliphatic heterocycles. The van der Waals surface area contributed by atoms with Gasteiger partial charge in [-0.2, -0.15) is 0 Å². The summed E-state index contributed by atoms with van der Waals surface area (Å²) in [6.07, 6.45) is 6.42. The largest absolute Gasteiger partial charge is 0.457 e. The minimum Gasteiger partial charge on any atom is -0.457 e. The second-order valence-corrected chi connectivity index (χ2v) is 17.8. The number of hydrogen-bond acceptors (Lipinski definition) is 4. The molecule has 5 nitrogen and oxygen atoms in total. The van der Waals surface area contributed by atoms with E-state index in [1.807, 2.05) is 12.3 Å². The predicted molar refractivity (Wildman–Crippen MR) is 225 cm³/mol. The van der Waals surface area contributed by atoms with E-state index in [0.717, 1.165) is 53.5 Å². The summed E-state index contributed by atoms with van der Waals surface area (Å²) < 4.78 is 8.94. The van der Waals surface area contributed by atoms with Crippen molar-refractivity contribution in [2.75, 3.05) is 16.5 Å². The molecule has 0 saturated heterocycles. The van der Waals surface area contributed by atoms with Crippen LogP contribution in [0.3, 0.4) is 0 Å². The Bertz CT molecular complexity index is 2270. The van der Waals surface area contributed by atoms with Crippen LogP contribution < -0.4 is 14.5 Å². The highest BCUT2D eigenvalue weighted by Crippen LogP contribution is 2.41. The number of hydrogen-bond donors (Lipinski definition) is 0. The van der Waals surface area contributed by atoms with Crippen molar-refractivity contribution in [2.24, 2.45) is 17.3 Å². The Balaban J connectivity index is 1.22. The van der Waals surface area contributed by atoms with Crippen LogP contribution in [0.5, 0.6) is 11.5 Å². The SMILES string of the molecule is CC(C)Cc1cc(CC(C)C)cc(N2CN(c3cccc(Oc4ccc5c6ccccc6n(-c6cc(C(C)(C)C)ccn6)c5c4)c3)C=C2C(C)(C)C)c1. The van der Waals surface area contributed by atoms with Gasteiger partial charge in [0.05, 0.1) is 17.7 Å². The van der Waals surface area contributed by atoms with Crippen LogP contribution in [0, 0.1) is 17.3 Å². The Morgan fingerprint density at radius 2 is 1.32 bits per heavy atom. The molecule has 0 unspecified atom stereocenters. The maximum absolute atomic E-state index is 6.67. The number of fused-ring (bicyclic) bond motifs is 3. The molecule has 0 spiro atoms. The van der Waals surface area contributed by atoms with Crippen molar-refractivity contribution in [1.82, 2.24) is 9.55 Å². The van der Waals surface area contributed by atoms with Gasteiger partial charge in [-0.3, -0.25) is 4.57 Å². The van der Waals surface area contributed by atoms with Crippen LogP contribution in [-0.2, 0) is 18.3 Å². The normalized spacial score (nSPS) is 13.9. The summed E-state index contributed by atoms with van der Waals surface area (Å²) in [4.78, 5) is 9.73. The van der Waals surface area contributed by atoms with Crippen molar-refractivity contribution < 1.29 is 4.74 Å². The fourth-order valence-electron chi connectivity index (χ4n) is 7.67. The number of anilines is 2. The lowest BCUT2D eigenvalue weighted by molar-refractivity contribution is 0.483. The van der Waals surface area contributed by atoms with E-state index in [2.05, 4.69) is 181 Å². The molecule has 6 aromatic rings. The zero-order valence-electron chi connectivity index (χ0n) is 33.4. The molecule has 0 saturated carbocycles. The third-order valence-electron chi connectivity index (χ3n) is 10.1. The zero-order chi connectivity index (χ0) is 37.7. The van der Waals surface area contributed by atoms with Crippen molar-refractivity contribution in [3.05, 3.63) is 132 Å². The highest BCUT2D eigenvalue weighted by Gasteiger charge is 2.32. The molecular formula is C48H56N4O. The Morgan fingerprint density at radius 3 is 2.00 bits per heavy atom. The molecule has 4 aromatic carbocycles. The van der Waals surface area contributed by atoms with E-state index in [-0.39, 0.29) is 10.8 Å². The summed E-state index contributed by atoms with van der Waals surface area (Å²) in [5.41, 5.74) is 9.96. The van der Waals surface area contributed by atoms with E-state index >= 15 is 0 Å². The van der Waals surface area contributed by atoms with Gasteiger partial charge < -0.3 is 14.5 Å². The highest BCUT2D eigenvalue weighted by atomic mass is 16.5. The van der Waals surface area contributed by atoms with Gasteiger partial charge in [-0.05, 0) is 101 Å². The monoisotopic (exact) mass is 704 g/mol. The van der Waals surface area contributed by atoms with Gasteiger partial charge in [0.25, 0.3) is 0 Å². The molecule has 0 amide bonds. The van der Waals surface area contributed by atoms with Gasteiger partial charge in [0.15, 0.2) is 0 Å². The summed E-state index contributed by atoms with van der Waals surface area (Å²) in [7, 11) is 0. The number of benzene rings is 4. The van der Waals surface area contributed by atoms with Crippen molar-refractivity contribution in [2.45, 2.75) is 87.5 Å². The van der Waals surface area contributed by atoms with Crippen LogP contribution in [-0.4, -0.2) is 16.2 Å². The van der Waals surface area contributed by atoms with Crippen LogP contribution in [0.15, 0.2) is 115 Å². The number of ether oxygens (including phenoxy) is 1. The molecule has 0 atom stereocenters. The van der Waals surface area contributed by atoms with Gasteiger partial charge in [-0.1, -0.05) is 99.6 Å². The number of nitrogens with zero attached hydrogens (tertiary/aromatic N) is 4. The maximum atomic E-state index is 6.67. The topological polar surface area (TPSA) is 33.5 Å². The first-order valence-corrected chi connectivity index (χ1v) is 19.3. The van der Waals surface area contributed by atoms with Gasteiger partial charge in [0.2, 0.25) is 0 Å². The Morgan fingerprint density at radius 1 is 0.642 bits per heavy atom. The second kappa shape index (κ2) is 14.1. The zero-order valence-corrected chi connectivity index (χ0v) is 33.4. The lowest BCUT2D eigenvalue weighted by atomic mass is 9.88. The average Bonchev–Trinajstić information content (AvgIpc) is 3.68. The molecule has 53 heavy (non-hydrogen) atoms. The first kappa shape index (κ1) is 36.3. The van der Waals surface area contributed by atoms with Gasteiger partial charge in [0.1, 0.15) is 17.3 Å². The van der Waals surface area contributed by atoms with Crippen LogP contribution in [0.4, 0.5) is 11.4 Å². The fourth-order valence-corrected chi connectivity index (χ4v) is 7.67. The molecule has 0 fully saturated rings. The first-order chi connectivity index (χ1) is 25.1. The van der Waals surface area contributed by atoms with E-state index < -0.39 is 0 Å². The Hall–Kier alpha value is -5.03. The van der Waals surface area contributed by atoms with E-state index in [4.69, 9.17) is 9.72 Å². The smallest absolute Gasteiger partial charge is 0.137 e. The minimum absolute atomic E-state index is 0.0133. The third kappa shape index (κ3) is 7.71. The van der Waals surface area contributed by atoms with Crippen LogP contribution in [0.1, 0.15) is 85.9 Å². The van der Waals surface area contributed by atoms with Gasteiger partial charge in [-0.25, -0.2) is 4.98 Å². The summed E-state index contributed by atoms with van der Waals surface area (Å²) >= 11 is 0. The molecular weight excluding hydrogens is 649 g/mol. The summed E-state index contributed by atoms with van der Waals surface area (Å²) in [5.74, 6) is 3.72. The molecule has 274 valence electrons. The quantitative estimate of drug-likeness (QED) is 0.150. The van der Waals surface area contributed by atoms with Gasteiger partial charge >= 0.3 is 0 Å². The number of allylic oxidation sites excluding steroid dienone is 1. The molecule has 5 heteroatoms. The predicted octanol–water partition coefficient (Wildman–Crippen LogP) is 12.8. The fraction of sp³-hybridized carbons (Fsp3) is 0.354. The number of rotatable bonds is 9. The van der Waals surface area contributed by atoms with Crippen LogP contribution in [0.25, 0.3) is 27.6 Å². The molecule has 2 aromatic heterocycles. The number of pyridine rings is 1. The van der Waals surface area contributed by atoms with Crippen LogP contribution >= 0.6 is 0 Å². The van der Waals surface area contributed by atoms with E-state index in [9.17, 15) is 0 Å². The van der Waals surface area contributed by atoms with E-state index in [1.54, 1.807) is 0 Å². The molecule has 1 aliphatic rings. The first-order valence-electron chi connectivity index (χ1n) is 19.3. The van der Waals surface area contributed by atoms with E-state index in [0.29, 0.717) is 11.8 Å². The third-order valence-corrected chi connectivity index (χ3v) is 10.1. The number of para-hydroxylation sites is 1. The maximum Gasteiger partial charge on any atom is 0.137 e. The van der Waals surface area contributed by atoms with Gasteiger partial charge in [0, 0.05) is 57.8 Å². The molecule has 3 heterocycles. The lowest BCUT2D eigenvalue weighted by Gasteiger charge is -2.31. The summed E-state index contributed by atoms with van der Waals surface area (Å²) in [6, 6.07) is 35.1. The van der Waals surface area contributed by atoms with Crippen LogP contribution in [0.2, 0.25) is 0 Å². The molecule has 0 aliphatic carbocycles. The van der Waals surface area contributed by atoms with E-state index in [1.165, 1.54) is 38.8 Å². The standard InChI is InChI=1S/C48H56N4O/c1-32(2)22-34-24-35(23-33(3)4)26-38(25-34)51-31-50(30-45(51)48(8,9)10)37-14-13-15-39(28-37)53-40-18-19-42-41-16-11-12-17-43(41)52(44(42)29-40)46-27-36(20-21-49-46)47(5,6)7/h11-21,24-30,32-33H,22-23,31H2,1-10H3. The molecule has 0 radical (unpaired) electrons.